The molecular formula is C11H15NS. The van der Waals surface area contributed by atoms with Crippen LogP contribution in [0.3, 0.4) is 0 Å². The van der Waals surface area contributed by atoms with E-state index in [1.807, 2.05) is 18.8 Å². The molecule has 1 unspecified atom stereocenters. The average Bonchev–Trinajstić information content (AvgIpc) is 2.56. The lowest BCUT2D eigenvalue weighted by atomic mass is 10.0. The minimum absolute atomic E-state index is 0.555. The van der Waals surface area contributed by atoms with Crippen LogP contribution in [0.2, 0.25) is 0 Å². The molecule has 13 heavy (non-hydrogen) atoms. The summed E-state index contributed by atoms with van der Waals surface area (Å²) in [7, 11) is 2.04. The van der Waals surface area contributed by atoms with Gasteiger partial charge >= 0.3 is 0 Å². The maximum Gasteiger partial charge on any atom is 0.0426 e. The Bertz CT molecular complexity index is 333. The Labute approximate surface area is 83.9 Å². The Balaban J connectivity index is 2.55. The summed E-state index contributed by atoms with van der Waals surface area (Å²) >= 11 is 1.98. The van der Waals surface area contributed by atoms with Gasteiger partial charge in [-0.15, -0.1) is 11.8 Å². The Morgan fingerprint density at radius 2 is 2.00 bits per heavy atom. The quantitative estimate of drug-likeness (QED) is 0.736. The first-order chi connectivity index (χ1) is 6.24. The molecule has 0 radical (unpaired) electrons. The third-order valence-corrected chi connectivity index (χ3v) is 4.03. The molecule has 1 aliphatic rings. The first-order valence-corrected chi connectivity index (χ1v) is 5.62. The van der Waals surface area contributed by atoms with Crippen molar-refractivity contribution < 1.29 is 0 Å². The van der Waals surface area contributed by atoms with Crippen LogP contribution in [0.25, 0.3) is 0 Å². The summed E-state index contributed by atoms with van der Waals surface area (Å²) in [4.78, 5) is 1.50. The molecule has 0 saturated carbocycles. The van der Waals surface area contributed by atoms with E-state index in [4.69, 9.17) is 0 Å². The highest BCUT2D eigenvalue weighted by atomic mass is 32.2. The molecule has 70 valence electrons. The highest BCUT2D eigenvalue weighted by molar-refractivity contribution is 7.99. The van der Waals surface area contributed by atoms with Crippen molar-refractivity contribution in [2.75, 3.05) is 12.8 Å². The molecule has 1 aromatic carbocycles. The van der Waals surface area contributed by atoms with Gasteiger partial charge in [0.05, 0.1) is 0 Å². The van der Waals surface area contributed by atoms with Gasteiger partial charge in [-0.05, 0) is 37.6 Å². The molecule has 1 aliphatic heterocycles. The van der Waals surface area contributed by atoms with Crippen LogP contribution < -0.4 is 5.32 Å². The average molecular weight is 193 g/mol. The van der Waals surface area contributed by atoms with Gasteiger partial charge in [-0.1, -0.05) is 12.1 Å². The summed E-state index contributed by atoms with van der Waals surface area (Å²) in [5.41, 5.74) is 4.36. The molecule has 0 saturated heterocycles. The number of thioether (sulfide) groups is 1. The Morgan fingerprint density at radius 1 is 1.31 bits per heavy atom. The topological polar surface area (TPSA) is 12.0 Å². The van der Waals surface area contributed by atoms with E-state index in [-0.39, 0.29) is 0 Å². The molecular weight excluding hydrogens is 178 g/mol. The number of benzene rings is 1. The second-order valence-corrected chi connectivity index (χ2v) is 4.62. The molecule has 1 heterocycles. The fourth-order valence-corrected chi connectivity index (χ4v) is 3.33. The maximum atomic E-state index is 3.37. The van der Waals surface area contributed by atoms with Crippen molar-refractivity contribution in [2.24, 2.45) is 0 Å². The van der Waals surface area contributed by atoms with E-state index in [2.05, 4.69) is 31.3 Å². The van der Waals surface area contributed by atoms with Crippen molar-refractivity contribution in [3.8, 4) is 0 Å². The van der Waals surface area contributed by atoms with Crippen molar-refractivity contribution in [1.29, 1.82) is 0 Å². The van der Waals surface area contributed by atoms with Gasteiger partial charge in [0.1, 0.15) is 0 Å². The van der Waals surface area contributed by atoms with Crippen LogP contribution in [-0.4, -0.2) is 12.8 Å². The standard InChI is InChI=1S/C11H15NS/c1-7-4-5-8(2)11-10(7)9(12-3)6-13-11/h4-5,9,12H,6H2,1-3H3. The Morgan fingerprint density at radius 3 is 2.69 bits per heavy atom. The third kappa shape index (κ3) is 1.38. The lowest BCUT2D eigenvalue weighted by Gasteiger charge is -2.12. The number of nitrogens with one attached hydrogen (secondary N) is 1. The Hall–Kier alpha value is -0.470. The Kier molecular flexibility index (Phi) is 2.35. The van der Waals surface area contributed by atoms with Crippen LogP contribution in [0, 0.1) is 13.8 Å². The minimum Gasteiger partial charge on any atom is -0.312 e. The third-order valence-electron chi connectivity index (χ3n) is 2.70. The molecule has 0 aromatic heterocycles. The second-order valence-electron chi connectivity index (χ2n) is 3.59. The van der Waals surface area contributed by atoms with E-state index in [0.29, 0.717) is 6.04 Å². The van der Waals surface area contributed by atoms with E-state index in [1.165, 1.54) is 27.3 Å². The molecule has 0 bridgehead atoms. The fraction of sp³-hybridized carbons (Fsp3) is 0.455. The van der Waals surface area contributed by atoms with E-state index in [0.717, 1.165) is 0 Å². The van der Waals surface area contributed by atoms with Crippen molar-refractivity contribution >= 4 is 11.8 Å². The summed E-state index contributed by atoms with van der Waals surface area (Å²) in [5.74, 6) is 1.18. The SMILES string of the molecule is CNC1CSc2c(C)ccc(C)c21. The molecule has 2 heteroatoms. The van der Waals surface area contributed by atoms with Gasteiger partial charge in [0.15, 0.2) is 0 Å². The predicted molar refractivity (Wildman–Crippen MR) is 58.4 cm³/mol. The summed E-state index contributed by atoms with van der Waals surface area (Å²) < 4.78 is 0. The highest BCUT2D eigenvalue weighted by Crippen LogP contribution is 2.41. The second kappa shape index (κ2) is 3.35. The van der Waals surface area contributed by atoms with Crippen molar-refractivity contribution in [3.63, 3.8) is 0 Å². The van der Waals surface area contributed by atoms with Gasteiger partial charge in [0, 0.05) is 16.7 Å². The number of hydrogen-bond donors (Lipinski definition) is 1. The van der Waals surface area contributed by atoms with E-state index < -0.39 is 0 Å². The highest BCUT2D eigenvalue weighted by Gasteiger charge is 2.24. The fourth-order valence-electron chi connectivity index (χ4n) is 1.91. The lowest BCUT2D eigenvalue weighted by molar-refractivity contribution is 0.659. The van der Waals surface area contributed by atoms with Crippen molar-refractivity contribution in [3.05, 3.63) is 28.8 Å². The van der Waals surface area contributed by atoms with Crippen LogP contribution >= 0.6 is 11.8 Å². The zero-order chi connectivity index (χ0) is 9.42. The monoisotopic (exact) mass is 193 g/mol. The maximum absolute atomic E-state index is 3.37. The molecule has 0 aliphatic carbocycles. The van der Waals surface area contributed by atoms with Gasteiger partial charge < -0.3 is 5.32 Å². The summed E-state index contributed by atoms with van der Waals surface area (Å²) in [6.45, 7) is 4.40. The zero-order valence-corrected chi connectivity index (χ0v) is 9.16. The van der Waals surface area contributed by atoms with Crippen LogP contribution in [0.5, 0.6) is 0 Å². The van der Waals surface area contributed by atoms with Gasteiger partial charge in [-0.25, -0.2) is 0 Å². The normalized spacial score (nSPS) is 20.4. The molecule has 1 aromatic rings. The molecule has 1 nitrogen and oxygen atoms in total. The van der Waals surface area contributed by atoms with Crippen molar-refractivity contribution in [1.82, 2.24) is 5.32 Å². The summed E-state index contributed by atoms with van der Waals surface area (Å²) in [5, 5.41) is 3.37. The van der Waals surface area contributed by atoms with E-state index in [1.54, 1.807) is 0 Å². The van der Waals surface area contributed by atoms with Gasteiger partial charge in [0.25, 0.3) is 0 Å². The van der Waals surface area contributed by atoms with Gasteiger partial charge in [0.2, 0.25) is 0 Å². The molecule has 1 N–H and O–H groups in total. The van der Waals surface area contributed by atoms with Crippen LogP contribution in [0.15, 0.2) is 17.0 Å². The van der Waals surface area contributed by atoms with Crippen molar-refractivity contribution in [2.45, 2.75) is 24.8 Å². The molecule has 0 amide bonds. The summed E-state index contributed by atoms with van der Waals surface area (Å²) in [6.07, 6.45) is 0. The molecule has 0 spiro atoms. The molecule has 0 fully saturated rings. The largest absolute Gasteiger partial charge is 0.312 e. The lowest BCUT2D eigenvalue weighted by Crippen LogP contribution is -2.16. The first-order valence-electron chi connectivity index (χ1n) is 4.64. The van der Waals surface area contributed by atoms with Crippen LogP contribution in [0.4, 0.5) is 0 Å². The molecule has 2 rings (SSSR count). The number of fused-ring (bicyclic) bond motifs is 1. The van der Waals surface area contributed by atoms with E-state index >= 15 is 0 Å². The van der Waals surface area contributed by atoms with Gasteiger partial charge in [-0.2, -0.15) is 0 Å². The minimum atomic E-state index is 0.555. The molecule has 1 atom stereocenters. The number of aryl methyl sites for hydroxylation is 2. The zero-order valence-electron chi connectivity index (χ0n) is 8.35. The van der Waals surface area contributed by atoms with E-state index in [9.17, 15) is 0 Å². The van der Waals surface area contributed by atoms with Crippen LogP contribution in [0.1, 0.15) is 22.7 Å². The number of hydrogen-bond acceptors (Lipinski definition) is 2. The predicted octanol–water partition coefficient (Wildman–Crippen LogP) is 2.67. The van der Waals surface area contributed by atoms with Gasteiger partial charge in [-0.3, -0.25) is 0 Å². The summed E-state index contributed by atoms with van der Waals surface area (Å²) in [6, 6.07) is 5.00. The number of rotatable bonds is 1. The smallest absolute Gasteiger partial charge is 0.0426 e. The first kappa shape index (κ1) is 9.10. The van der Waals surface area contributed by atoms with Crippen LogP contribution in [-0.2, 0) is 0 Å².